The maximum atomic E-state index is 12.4. The number of aromatic amines is 1. The lowest BCUT2D eigenvalue weighted by atomic mass is 10.1. The molecule has 1 aromatic carbocycles. The molecule has 9 nitrogen and oxygen atoms in total. The molecule has 0 saturated carbocycles. The molecule has 0 atom stereocenters. The van der Waals surface area contributed by atoms with Crippen molar-refractivity contribution in [2.75, 3.05) is 17.8 Å². The molecule has 0 aliphatic carbocycles. The van der Waals surface area contributed by atoms with Crippen molar-refractivity contribution in [3.8, 4) is 11.4 Å². The number of primary amides is 1. The van der Waals surface area contributed by atoms with E-state index >= 15 is 0 Å². The van der Waals surface area contributed by atoms with E-state index < -0.39 is 12.0 Å². The van der Waals surface area contributed by atoms with Gasteiger partial charge in [0.15, 0.2) is 0 Å². The van der Waals surface area contributed by atoms with Crippen LogP contribution in [0.25, 0.3) is 22.4 Å². The summed E-state index contributed by atoms with van der Waals surface area (Å²) in [5, 5.41) is 0. The van der Waals surface area contributed by atoms with Crippen molar-refractivity contribution >= 4 is 28.9 Å². The Kier molecular flexibility index (Phi) is 4.05. The molecule has 6 N–H and O–H groups in total. The lowest BCUT2D eigenvalue weighted by molar-refractivity contribution is 0.0526. The van der Waals surface area contributed by atoms with Crippen molar-refractivity contribution in [3.05, 3.63) is 35.5 Å². The summed E-state index contributed by atoms with van der Waals surface area (Å²) in [4.78, 5) is 31.3. The van der Waals surface area contributed by atoms with Gasteiger partial charge in [0.25, 0.3) is 0 Å². The van der Waals surface area contributed by atoms with E-state index in [1.807, 2.05) is 24.3 Å². The molecule has 0 radical (unpaired) electrons. The molecule has 0 spiro atoms. The maximum absolute atomic E-state index is 12.4. The van der Waals surface area contributed by atoms with E-state index in [1.54, 1.807) is 13.8 Å². The van der Waals surface area contributed by atoms with Crippen molar-refractivity contribution in [1.29, 1.82) is 0 Å². The molecule has 0 unspecified atom stereocenters. The third-order valence-electron chi connectivity index (χ3n) is 3.77. The molecular formula is C16H18N6O3. The van der Waals surface area contributed by atoms with Crippen molar-refractivity contribution in [2.24, 2.45) is 5.73 Å². The van der Waals surface area contributed by atoms with Crippen LogP contribution in [0.2, 0.25) is 0 Å². The predicted molar refractivity (Wildman–Crippen MR) is 93.6 cm³/mol. The topological polar surface area (TPSA) is 141 Å². The van der Waals surface area contributed by atoms with Gasteiger partial charge in [-0.05, 0) is 26.0 Å². The van der Waals surface area contributed by atoms with Crippen molar-refractivity contribution in [3.63, 3.8) is 0 Å². The van der Waals surface area contributed by atoms with Crippen LogP contribution in [0.3, 0.4) is 0 Å². The number of nitrogens with one attached hydrogen (secondary N) is 2. The minimum absolute atomic E-state index is 0.124. The number of carbonyl (C=O) groups is 2. The number of anilines is 1. The van der Waals surface area contributed by atoms with Gasteiger partial charge < -0.3 is 21.2 Å². The first-order valence-corrected chi connectivity index (χ1v) is 7.63. The summed E-state index contributed by atoms with van der Waals surface area (Å²) in [6.45, 7) is 3.53. The van der Waals surface area contributed by atoms with Gasteiger partial charge in [0.1, 0.15) is 11.6 Å². The van der Waals surface area contributed by atoms with Crippen LogP contribution < -0.4 is 16.9 Å². The van der Waals surface area contributed by atoms with Gasteiger partial charge in [-0.25, -0.2) is 24.7 Å². The molecule has 25 heavy (non-hydrogen) atoms. The number of nitrogens with two attached hydrogens (primary N) is 2. The molecule has 2 amide bonds. The highest BCUT2D eigenvalue weighted by Crippen LogP contribution is 2.34. The van der Waals surface area contributed by atoms with Crippen LogP contribution in [0.1, 0.15) is 23.0 Å². The van der Waals surface area contributed by atoms with E-state index in [9.17, 15) is 9.59 Å². The first-order valence-electron chi connectivity index (χ1n) is 7.63. The van der Waals surface area contributed by atoms with Crippen LogP contribution in [-0.2, 0) is 4.74 Å². The molecule has 0 aliphatic rings. The number of rotatable bonds is 4. The Morgan fingerprint density at radius 3 is 2.72 bits per heavy atom. The largest absolute Gasteiger partial charge is 0.462 e. The number of hydrogen-bond acceptors (Lipinski definition) is 5. The molecule has 0 saturated heterocycles. The lowest BCUT2D eigenvalue weighted by Crippen LogP contribution is -2.30. The van der Waals surface area contributed by atoms with E-state index in [4.69, 9.17) is 16.2 Å². The van der Waals surface area contributed by atoms with Crippen LogP contribution >= 0.6 is 0 Å². The summed E-state index contributed by atoms with van der Waals surface area (Å²) in [5.41, 5.74) is 16.2. The number of amides is 2. The summed E-state index contributed by atoms with van der Waals surface area (Å²) in [5.74, 6) is -0.0412. The van der Waals surface area contributed by atoms with E-state index in [1.165, 1.54) is 4.68 Å². The number of benzene rings is 1. The first kappa shape index (κ1) is 16.4. The highest BCUT2D eigenvalue weighted by Gasteiger charge is 2.28. The predicted octanol–water partition coefficient (Wildman–Crippen LogP) is 1.72. The van der Waals surface area contributed by atoms with Gasteiger partial charge in [0.05, 0.1) is 34.5 Å². The third-order valence-corrected chi connectivity index (χ3v) is 3.77. The number of imidazole rings is 1. The average molecular weight is 342 g/mol. The van der Waals surface area contributed by atoms with Gasteiger partial charge in [-0.2, -0.15) is 0 Å². The molecule has 9 heteroatoms. The van der Waals surface area contributed by atoms with Gasteiger partial charge in [-0.15, -0.1) is 0 Å². The summed E-state index contributed by atoms with van der Waals surface area (Å²) in [7, 11) is 0. The number of nitrogens with zero attached hydrogens (tertiary/aromatic N) is 2. The number of esters is 1. The van der Waals surface area contributed by atoms with Crippen molar-refractivity contribution in [2.45, 2.75) is 13.8 Å². The van der Waals surface area contributed by atoms with Crippen LogP contribution in [0.4, 0.5) is 10.6 Å². The smallest absolute Gasteiger partial charge is 0.340 e. The van der Waals surface area contributed by atoms with Gasteiger partial charge >= 0.3 is 12.0 Å². The number of para-hydroxylation sites is 2. The fourth-order valence-electron chi connectivity index (χ4n) is 2.73. The van der Waals surface area contributed by atoms with Crippen LogP contribution in [-0.4, -0.2) is 33.3 Å². The number of fused-ring (bicyclic) bond motifs is 1. The Morgan fingerprint density at radius 1 is 1.36 bits per heavy atom. The number of nitrogen functional groups attached to an aromatic ring is 1. The van der Waals surface area contributed by atoms with E-state index in [2.05, 4.69) is 15.4 Å². The Hall–Kier alpha value is -3.49. The Bertz CT molecular complexity index is 939. The number of aromatic nitrogens is 3. The Morgan fingerprint density at radius 2 is 2.08 bits per heavy atom. The standard InChI is InChI=1S/C16H18N6O3/c1-3-25-15(23)11-8(2)22(21-16(18)24)13(17)12(11)14-19-9-6-4-5-7-10(9)20-14/h4-7H,3,17H2,1-2H3,(H,19,20)(H3,18,21,24). The molecule has 2 heterocycles. The molecule has 0 aliphatic heterocycles. The Balaban J connectivity index is 2.25. The molecule has 0 fully saturated rings. The number of hydrogen-bond donors (Lipinski definition) is 4. The second kappa shape index (κ2) is 6.19. The first-order chi connectivity index (χ1) is 11.9. The van der Waals surface area contributed by atoms with Crippen molar-refractivity contribution < 1.29 is 14.3 Å². The maximum Gasteiger partial charge on any atom is 0.340 e. The third kappa shape index (κ3) is 2.75. The minimum atomic E-state index is -0.809. The number of H-pyrrole nitrogens is 1. The van der Waals surface area contributed by atoms with Crippen LogP contribution in [0.5, 0.6) is 0 Å². The zero-order valence-corrected chi connectivity index (χ0v) is 13.8. The van der Waals surface area contributed by atoms with E-state index in [0.29, 0.717) is 17.1 Å². The van der Waals surface area contributed by atoms with Gasteiger partial charge in [0, 0.05) is 0 Å². The van der Waals surface area contributed by atoms with Gasteiger partial charge in [-0.1, -0.05) is 12.1 Å². The second-order valence-corrected chi connectivity index (χ2v) is 5.36. The molecule has 0 bridgehead atoms. The van der Waals surface area contributed by atoms with Crippen molar-refractivity contribution in [1.82, 2.24) is 14.6 Å². The number of urea groups is 1. The summed E-state index contributed by atoms with van der Waals surface area (Å²) < 4.78 is 6.37. The van der Waals surface area contributed by atoms with E-state index in [-0.39, 0.29) is 18.0 Å². The van der Waals surface area contributed by atoms with E-state index in [0.717, 1.165) is 11.0 Å². The molecular weight excluding hydrogens is 324 g/mol. The zero-order valence-electron chi connectivity index (χ0n) is 13.8. The van der Waals surface area contributed by atoms with Gasteiger partial charge in [0.2, 0.25) is 0 Å². The highest BCUT2D eigenvalue weighted by molar-refractivity contribution is 6.02. The molecule has 130 valence electrons. The SMILES string of the molecule is CCOC(=O)c1c(-c2nc3ccccc3[nH]2)c(N)n(NC(N)=O)c1C. The highest BCUT2D eigenvalue weighted by atomic mass is 16.5. The summed E-state index contributed by atoms with van der Waals surface area (Å²) >= 11 is 0. The van der Waals surface area contributed by atoms with Crippen LogP contribution in [0, 0.1) is 6.92 Å². The average Bonchev–Trinajstić information content (AvgIpc) is 3.08. The zero-order chi connectivity index (χ0) is 18.1. The fraction of sp³-hybridized carbons (Fsp3) is 0.188. The van der Waals surface area contributed by atoms with Gasteiger partial charge in [-0.3, -0.25) is 0 Å². The Labute approximate surface area is 142 Å². The minimum Gasteiger partial charge on any atom is -0.462 e. The molecule has 3 aromatic rings. The summed E-state index contributed by atoms with van der Waals surface area (Å²) in [6, 6.07) is 6.61. The number of carbonyl (C=O) groups excluding carboxylic acids is 2. The fourth-order valence-corrected chi connectivity index (χ4v) is 2.73. The normalized spacial score (nSPS) is 10.8. The summed E-state index contributed by atoms with van der Waals surface area (Å²) in [6.07, 6.45) is 0. The quantitative estimate of drug-likeness (QED) is 0.534. The second-order valence-electron chi connectivity index (χ2n) is 5.36. The lowest BCUT2D eigenvalue weighted by Gasteiger charge is -2.08. The molecule has 2 aromatic heterocycles. The number of ether oxygens (including phenoxy) is 1. The monoisotopic (exact) mass is 342 g/mol. The molecule has 3 rings (SSSR count). The van der Waals surface area contributed by atoms with Crippen LogP contribution in [0.15, 0.2) is 24.3 Å².